The van der Waals surface area contributed by atoms with Gasteiger partial charge in [0.1, 0.15) is 7.05 Å². The zero-order valence-corrected chi connectivity index (χ0v) is 17.4. The van der Waals surface area contributed by atoms with Gasteiger partial charge in [-0.1, -0.05) is 42.5 Å². The second-order valence-electron chi connectivity index (χ2n) is 8.46. The van der Waals surface area contributed by atoms with E-state index >= 15 is 0 Å². The predicted octanol–water partition coefficient (Wildman–Crippen LogP) is 6.18. The van der Waals surface area contributed by atoms with Gasteiger partial charge in [0.05, 0.1) is 32.8 Å². The molecule has 0 radical (unpaired) electrons. The quantitative estimate of drug-likeness (QED) is 0.184. The van der Waals surface area contributed by atoms with Crippen LogP contribution in [0.3, 0.4) is 0 Å². The number of rotatable bonds is 1. The van der Waals surface area contributed by atoms with Crippen molar-refractivity contribution in [2.75, 3.05) is 0 Å². The predicted molar refractivity (Wildman–Crippen MR) is 128 cm³/mol. The molecule has 0 fully saturated rings. The first-order chi connectivity index (χ1) is 15.2. The Morgan fingerprint density at radius 2 is 1.68 bits per heavy atom. The molecule has 0 N–H and O–H groups in total. The average molecular weight is 398 g/mol. The van der Waals surface area contributed by atoms with Gasteiger partial charge in [0.15, 0.2) is 6.20 Å². The summed E-state index contributed by atoms with van der Waals surface area (Å²) >= 11 is 0. The molecule has 7 rings (SSSR count). The lowest BCUT2D eigenvalue weighted by Gasteiger charge is -2.14. The van der Waals surface area contributed by atoms with Gasteiger partial charge in [-0.25, -0.2) is 4.57 Å². The van der Waals surface area contributed by atoms with Crippen molar-refractivity contribution in [2.24, 2.45) is 7.05 Å². The second kappa shape index (κ2) is 5.79. The molecule has 3 nitrogen and oxygen atoms in total. The van der Waals surface area contributed by atoms with Gasteiger partial charge in [-0.05, 0) is 53.3 Å². The van der Waals surface area contributed by atoms with Gasteiger partial charge >= 0.3 is 0 Å². The molecule has 0 aliphatic heterocycles. The molecule has 4 aromatic heterocycles. The van der Waals surface area contributed by atoms with Crippen molar-refractivity contribution < 1.29 is 4.57 Å². The van der Waals surface area contributed by atoms with E-state index in [1.54, 1.807) is 0 Å². The number of benzene rings is 3. The van der Waals surface area contributed by atoms with Crippen LogP contribution in [0.15, 0.2) is 85.2 Å². The minimum atomic E-state index is 1.06. The van der Waals surface area contributed by atoms with E-state index in [4.69, 9.17) is 4.98 Å². The Balaban J connectivity index is 1.86. The van der Waals surface area contributed by atoms with Gasteiger partial charge in [0, 0.05) is 17.6 Å². The van der Waals surface area contributed by atoms with Crippen LogP contribution in [0.2, 0.25) is 0 Å². The Hall–Kier alpha value is -3.98. The lowest BCUT2D eigenvalue weighted by atomic mass is 9.96. The van der Waals surface area contributed by atoms with Crippen LogP contribution in [0.5, 0.6) is 0 Å². The molecule has 3 heteroatoms. The molecule has 0 aliphatic rings. The highest BCUT2D eigenvalue weighted by Crippen LogP contribution is 2.41. The van der Waals surface area contributed by atoms with Gasteiger partial charge in [0.25, 0.3) is 0 Å². The van der Waals surface area contributed by atoms with Gasteiger partial charge in [-0.3, -0.25) is 4.98 Å². The minimum Gasteiger partial charge on any atom is -0.306 e. The Labute approximate surface area is 179 Å². The van der Waals surface area contributed by atoms with Gasteiger partial charge in [0.2, 0.25) is 5.52 Å². The zero-order chi connectivity index (χ0) is 20.7. The highest BCUT2D eigenvalue weighted by atomic mass is 15.0. The number of hydrogen-bond acceptors (Lipinski definition) is 1. The standard InChI is InChI=1S/C28H20N3/c1-17-10-11-21-26-22(9-6-13-29-26)31-23-16-20(18-7-4-3-5-8-18)15-19-12-14-30(2)28(25(19)23)24(17)27(21)31/h3-16H,1-2H3/q+1. The number of hydrogen-bond donors (Lipinski definition) is 0. The smallest absolute Gasteiger partial charge is 0.224 e. The van der Waals surface area contributed by atoms with Gasteiger partial charge in [-0.15, -0.1) is 0 Å². The Morgan fingerprint density at radius 1 is 0.806 bits per heavy atom. The van der Waals surface area contributed by atoms with Gasteiger partial charge in [-0.2, -0.15) is 0 Å². The highest BCUT2D eigenvalue weighted by molar-refractivity contribution is 6.25. The summed E-state index contributed by atoms with van der Waals surface area (Å²) in [4.78, 5) is 4.78. The maximum atomic E-state index is 4.78. The first-order valence-corrected chi connectivity index (χ1v) is 10.6. The fourth-order valence-corrected chi connectivity index (χ4v) is 5.33. The summed E-state index contributed by atoms with van der Waals surface area (Å²) in [6.45, 7) is 2.21. The van der Waals surface area contributed by atoms with Crippen molar-refractivity contribution >= 4 is 49.1 Å². The van der Waals surface area contributed by atoms with Crippen LogP contribution in [0.1, 0.15) is 5.56 Å². The van der Waals surface area contributed by atoms with E-state index in [1.165, 1.54) is 54.8 Å². The maximum absolute atomic E-state index is 4.78. The summed E-state index contributed by atoms with van der Waals surface area (Å²) in [6, 6.07) is 26.2. The van der Waals surface area contributed by atoms with Crippen molar-refractivity contribution in [3.63, 3.8) is 0 Å². The minimum absolute atomic E-state index is 1.06. The number of nitrogens with zero attached hydrogens (tertiary/aromatic N) is 3. The molecule has 146 valence electrons. The fraction of sp³-hybridized carbons (Fsp3) is 0.0714. The molecule has 0 aliphatic carbocycles. The van der Waals surface area contributed by atoms with Crippen LogP contribution >= 0.6 is 0 Å². The molecule has 0 saturated heterocycles. The van der Waals surface area contributed by atoms with E-state index in [0.717, 1.165) is 11.0 Å². The summed E-state index contributed by atoms with van der Waals surface area (Å²) in [5, 5.41) is 5.08. The monoisotopic (exact) mass is 398 g/mol. The lowest BCUT2D eigenvalue weighted by molar-refractivity contribution is -0.643. The molecular weight excluding hydrogens is 378 g/mol. The normalized spacial score (nSPS) is 12.2. The molecule has 0 spiro atoms. The van der Waals surface area contributed by atoms with E-state index in [0.29, 0.717) is 0 Å². The molecule has 0 bridgehead atoms. The molecule has 31 heavy (non-hydrogen) atoms. The van der Waals surface area contributed by atoms with Crippen LogP contribution in [-0.2, 0) is 7.05 Å². The second-order valence-corrected chi connectivity index (χ2v) is 8.46. The maximum Gasteiger partial charge on any atom is 0.224 e. The largest absolute Gasteiger partial charge is 0.306 e. The number of aromatic nitrogens is 3. The van der Waals surface area contributed by atoms with E-state index < -0.39 is 0 Å². The number of fused-ring (bicyclic) bond motifs is 5. The SMILES string of the molecule is Cc1ccc2c3ncccc3n3c4cc(-c5ccccc5)cc5cc[n+](C)c(c1c23)c54. The molecular formula is C28H20N3+. The van der Waals surface area contributed by atoms with Crippen LogP contribution < -0.4 is 4.57 Å². The first kappa shape index (κ1) is 16.8. The summed E-state index contributed by atoms with van der Waals surface area (Å²) in [6.07, 6.45) is 4.08. The van der Waals surface area contributed by atoms with Crippen molar-refractivity contribution in [1.29, 1.82) is 0 Å². The Kier molecular flexibility index (Phi) is 3.14. The molecule has 0 saturated carbocycles. The van der Waals surface area contributed by atoms with E-state index in [9.17, 15) is 0 Å². The van der Waals surface area contributed by atoms with Crippen LogP contribution in [-0.4, -0.2) is 9.38 Å². The molecule has 0 amide bonds. The summed E-state index contributed by atoms with van der Waals surface area (Å²) in [5.41, 5.74) is 9.75. The van der Waals surface area contributed by atoms with Crippen LogP contribution in [0.4, 0.5) is 0 Å². The fourth-order valence-electron chi connectivity index (χ4n) is 5.33. The summed E-state index contributed by atoms with van der Waals surface area (Å²) in [7, 11) is 2.15. The van der Waals surface area contributed by atoms with Crippen LogP contribution in [0, 0.1) is 6.92 Å². The van der Waals surface area contributed by atoms with Crippen LogP contribution in [0.25, 0.3) is 60.3 Å². The van der Waals surface area contributed by atoms with Crippen molar-refractivity contribution in [2.45, 2.75) is 6.92 Å². The van der Waals surface area contributed by atoms with E-state index in [2.05, 4.69) is 95.9 Å². The molecule has 3 aromatic carbocycles. The first-order valence-electron chi connectivity index (χ1n) is 10.6. The Bertz CT molecular complexity index is 1790. The molecule has 7 aromatic rings. The lowest BCUT2D eigenvalue weighted by Crippen LogP contribution is -2.28. The van der Waals surface area contributed by atoms with Crippen molar-refractivity contribution in [1.82, 2.24) is 9.38 Å². The topological polar surface area (TPSA) is 21.2 Å². The third kappa shape index (κ3) is 2.08. The Morgan fingerprint density at radius 3 is 2.55 bits per heavy atom. The third-order valence-corrected chi connectivity index (χ3v) is 6.69. The molecule has 4 heterocycles. The van der Waals surface area contributed by atoms with Gasteiger partial charge < -0.3 is 4.40 Å². The van der Waals surface area contributed by atoms with E-state index in [1.807, 2.05) is 12.3 Å². The van der Waals surface area contributed by atoms with Crippen molar-refractivity contribution in [3.8, 4) is 11.1 Å². The molecule has 0 unspecified atom stereocenters. The number of pyridine rings is 3. The van der Waals surface area contributed by atoms with Crippen molar-refractivity contribution in [3.05, 3.63) is 90.8 Å². The zero-order valence-electron chi connectivity index (χ0n) is 17.4. The highest BCUT2D eigenvalue weighted by Gasteiger charge is 2.24. The van der Waals surface area contributed by atoms with E-state index in [-0.39, 0.29) is 0 Å². The number of aryl methyl sites for hydroxylation is 2. The third-order valence-electron chi connectivity index (χ3n) is 6.69. The molecule has 0 atom stereocenters. The summed E-state index contributed by atoms with van der Waals surface area (Å²) in [5.74, 6) is 0. The average Bonchev–Trinajstić information content (AvgIpc) is 3.15. The summed E-state index contributed by atoms with van der Waals surface area (Å²) < 4.78 is 4.70.